The van der Waals surface area contributed by atoms with Crippen LogP contribution >= 0.6 is 45.9 Å². The zero-order valence-electron chi connectivity index (χ0n) is 14.4. The second-order valence-electron chi connectivity index (χ2n) is 5.34. The molecule has 0 spiro atoms. The van der Waals surface area contributed by atoms with E-state index in [4.69, 9.17) is 32.8 Å². The van der Waals surface area contributed by atoms with Crippen LogP contribution in [0.5, 0.6) is 5.75 Å². The molecule has 0 aliphatic rings. The lowest BCUT2D eigenvalue weighted by atomic mass is 10.1. The van der Waals surface area contributed by atoms with Gasteiger partial charge in [-0.2, -0.15) is 9.59 Å². The van der Waals surface area contributed by atoms with Gasteiger partial charge in [0, 0.05) is 16.7 Å². The second-order valence-corrected chi connectivity index (χ2v) is 7.98. The van der Waals surface area contributed by atoms with Crippen LogP contribution in [0.1, 0.15) is 22.2 Å². The summed E-state index contributed by atoms with van der Waals surface area (Å²) >= 11 is 14.8. The molecule has 0 bridgehead atoms. The molecule has 2 heterocycles. The summed E-state index contributed by atoms with van der Waals surface area (Å²) in [6.45, 7) is 1.84. The van der Waals surface area contributed by atoms with Crippen molar-refractivity contribution in [3.8, 4) is 16.2 Å². The van der Waals surface area contributed by atoms with Gasteiger partial charge in [0.2, 0.25) is 0 Å². The number of Topliss-reactive ketones (excluding diaryl/α,β-unsaturated/α-hetero) is 1. The molecule has 0 fully saturated rings. The molecule has 28 heavy (non-hydrogen) atoms. The Morgan fingerprint density at radius 3 is 2.50 bits per heavy atom. The molecule has 144 valence electrons. The fraction of sp³-hybridized carbons (Fsp3) is 0.105. The molecule has 2 aromatic heterocycles. The summed E-state index contributed by atoms with van der Waals surface area (Å²) < 4.78 is 0. The minimum absolute atomic E-state index is 0.0335. The van der Waals surface area contributed by atoms with Gasteiger partial charge in [0.15, 0.2) is 5.78 Å². The van der Waals surface area contributed by atoms with Gasteiger partial charge in [0.25, 0.3) is 0 Å². The summed E-state index contributed by atoms with van der Waals surface area (Å²) in [6, 6.07) is 8.83. The highest BCUT2D eigenvalue weighted by molar-refractivity contribution is 7.14. The molecule has 0 atom stereocenters. The Balaban J connectivity index is 0.000000878. The van der Waals surface area contributed by atoms with Crippen LogP contribution in [0.15, 0.2) is 46.1 Å². The van der Waals surface area contributed by atoms with Gasteiger partial charge in [0.1, 0.15) is 12.3 Å². The van der Waals surface area contributed by atoms with Crippen molar-refractivity contribution in [1.29, 1.82) is 0 Å². The molecule has 0 saturated heterocycles. The molecule has 1 aromatic carbocycles. The van der Waals surface area contributed by atoms with Gasteiger partial charge in [-0.25, -0.2) is 0 Å². The number of halogens is 2. The third kappa shape index (κ3) is 5.38. The highest BCUT2D eigenvalue weighted by Crippen LogP contribution is 2.40. The summed E-state index contributed by atoms with van der Waals surface area (Å²) in [4.78, 5) is 34.0. The number of nitrogens with zero attached hydrogens (tertiary/aromatic N) is 1. The van der Waals surface area contributed by atoms with E-state index in [2.05, 4.69) is 4.99 Å². The van der Waals surface area contributed by atoms with Crippen LogP contribution in [0.2, 0.25) is 10.0 Å². The predicted octanol–water partition coefficient (Wildman–Crippen LogP) is 5.60. The van der Waals surface area contributed by atoms with Crippen LogP contribution in [0.3, 0.4) is 0 Å². The molecule has 3 aromatic rings. The maximum Gasteiger partial charge on any atom is 0.373 e. The smallest absolute Gasteiger partial charge is 0.373 e. The van der Waals surface area contributed by atoms with Gasteiger partial charge in [-0.05, 0) is 36.1 Å². The first-order valence-corrected chi connectivity index (χ1v) is 10.2. The SMILES string of the molecule is CC(=NCC(=O)c1cccs1)c1csc(-c2ccc(Cl)c(Cl)c2)c1O.O=C=O. The molecule has 0 unspecified atom stereocenters. The standard InChI is InChI=1S/C18H13Cl2NO2S2.CO2/c1-10(21-8-15(22)16-3-2-6-24-16)12-9-25-18(17(12)23)11-4-5-13(19)14(20)7-11;2-1-3/h2-7,9,23H,8H2,1H3;. The van der Waals surface area contributed by atoms with Gasteiger partial charge in [-0.3, -0.25) is 9.79 Å². The van der Waals surface area contributed by atoms with Crippen molar-refractivity contribution in [2.24, 2.45) is 4.99 Å². The van der Waals surface area contributed by atoms with Gasteiger partial charge < -0.3 is 5.11 Å². The first-order valence-electron chi connectivity index (χ1n) is 7.72. The van der Waals surface area contributed by atoms with E-state index in [0.717, 1.165) is 5.56 Å². The Morgan fingerprint density at radius 1 is 1.18 bits per heavy atom. The Labute approximate surface area is 178 Å². The third-order valence-electron chi connectivity index (χ3n) is 3.59. The van der Waals surface area contributed by atoms with Crippen LogP contribution in [0, 0.1) is 0 Å². The predicted molar refractivity (Wildman–Crippen MR) is 112 cm³/mol. The molecule has 5 nitrogen and oxygen atoms in total. The lowest BCUT2D eigenvalue weighted by Crippen LogP contribution is -2.04. The van der Waals surface area contributed by atoms with Gasteiger partial charge >= 0.3 is 6.15 Å². The zero-order chi connectivity index (χ0) is 20.7. The average molecular weight is 454 g/mol. The maximum atomic E-state index is 12.0. The summed E-state index contributed by atoms with van der Waals surface area (Å²) in [5.41, 5.74) is 2.01. The topological polar surface area (TPSA) is 83.8 Å². The summed E-state index contributed by atoms with van der Waals surface area (Å²) in [5, 5.41) is 15.1. The first kappa shape index (κ1) is 22.0. The van der Waals surface area contributed by atoms with Crippen LogP contribution < -0.4 is 0 Å². The van der Waals surface area contributed by atoms with Crippen molar-refractivity contribution in [1.82, 2.24) is 0 Å². The Hall–Kier alpha value is -2.28. The number of benzene rings is 1. The van der Waals surface area contributed by atoms with E-state index in [1.165, 1.54) is 22.7 Å². The molecule has 0 aliphatic carbocycles. The summed E-state index contributed by atoms with van der Waals surface area (Å²) in [7, 11) is 0. The summed E-state index contributed by atoms with van der Waals surface area (Å²) in [6.07, 6.45) is 0.250. The lowest BCUT2D eigenvalue weighted by Gasteiger charge is -2.03. The lowest BCUT2D eigenvalue weighted by molar-refractivity contribution is -0.191. The molecule has 3 rings (SSSR count). The van der Waals surface area contributed by atoms with E-state index in [1.807, 2.05) is 16.8 Å². The Kier molecular flexibility index (Phi) is 8.11. The number of thiophene rings is 2. The number of aliphatic imine (C=N–C) groups is 1. The number of rotatable bonds is 5. The van der Waals surface area contributed by atoms with Gasteiger partial charge in [-0.1, -0.05) is 35.3 Å². The zero-order valence-corrected chi connectivity index (χ0v) is 17.6. The van der Waals surface area contributed by atoms with Gasteiger partial charge in [0.05, 0.1) is 19.8 Å². The second kappa shape index (κ2) is 10.3. The van der Waals surface area contributed by atoms with Crippen molar-refractivity contribution in [3.05, 3.63) is 61.6 Å². The number of hydrogen-bond acceptors (Lipinski definition) is 7. The van der Waals surface area contributed by atoms with Crippen molar-refractivity contribution < 1.29 is 19.5 Å². The van der Waals surface area contributed by atoms with E-state index in [-0.39, 0.29) is 24.2 Å². The highest BCUT2D eigenvalue weighted by atomic mass is 35.5. The molecule has 0 radical (unpaired) electrons. The molecular formula is C19H13Cl2NO4S2. The fourth-order valence-electron chi connectivity index (χ4n) is 2.24. The fourth-order valence-corrected chi connectivity index (χ4v) is 4.20. The number of carbonyl (C=O) groups excluding carboxylic acids is 3. The normalized spacial score (nSPS) is 10.8. The van der Waals surface area contributed by atoms with Crippen LogP contribution in [0.25, 0.3) is 10.4 Å². The van der Waals surface area contributed by atoms with Crippen molar-refractivity contribution in [2.75, 3.05) is 6.54 Å². The van der Waals surface area contributed by atoms with Crippen molar-refractivity contribution >= 4 is 63.5 Å². The van der Waals surface area contributed by atoms with E-state index in [0.29, 0.717) is 31.1 Å². The number of ketones is 1. The first-order chi connectivity index (χ1) is 13.4. The minimum atomic E-state index is -0.0335. The molecular weight excluding hydrogens is 441 g/mol. The van der Waals surface area contributed by atoms with E-state index < -0.39 is 0 Å². The quantitative estimate of drug-likeness (QED) is 0.402. The molecule has 9 heteroatoms. The van der Waals surface area contributed by atoms with Crippen LogP contribution in [0.4, 0.5) is 0 Å². The molecule has 0 aliphatic heterocycles. The third-order valence-corrected chi connectivity index (χ3v) is 6.26. The van der Waals surface area contributed by atoms with E-state index in [1.54, 1.807) is 31.2 Å². The molecule has 1 N–H and O–H groups in total. The maximum absolute atomic E-state index is 12.0. The Morgan fingerprint density at radius 2 is 1.89 bits per heavy atom. The highest BCUT2D eigenvalue weighted by Gasteiger charge is 2.16. The van der Waals surface area contributed by atoms with Crippen molar-refractivity contribution in [3.63, 3.8) is 0 Å². The number of hydrogen-bond donors (Lipinski definition) is 1. The monoisotopic (exact) mass is 453 g/mol. The number of aromatic hydroxyl groups is 1. The van der Waals surface area contributed by atoms with Crippen LogP contribution in [-0.2, 0) is 9.59 Å². The van der Waals surface area contributed by atoms with Crippen molar-refractivity contribution in [2.45, 2.75) is 6.92 Å². The average Bonchev–Trinajstić information content (AvgIpc) is 3.32. The summed E-state index contributed by atoms with van der Waals surface area (Å²) in [5.74, 6) is 0.0991. The van der Waals surface area contributed by atoms with E-state index in [9.17, 15) is 9.90 Å². The van der Waals surface area contributed by atoms with Gasteiger partial charge in [-0.15, -0.1) is 22.7 Å². The minimum Gasteiger partial charge on any atom is -0.506 e. The molecule has 0 saturated carbocycles. The number of carbonyl (C=O) groups is 1. The Bertz CT molecular complexity index is 1040. The largest absolute Gasteiger partial charge is 0.506 e. The van der Waals surface area contributed by atoms with E-state index >= 15 is 0 Å². The molecule has 0 amide bonds. The van der Waals surface area contributed by atoms with Crippen LogP contribution in [-0.4, -0.2) is 29.3 Å².